The molecule has 0 rings (SSSR count). The average Bonchev–Trinajstić information content (AvgIpc) is 2.63. The number of amides is 1. The monoisotopic (exact) mass is 455 g/mol. The van der Waals surface area contributed by atoms with Crippen molar-refractivity contribution in [1.29, 1.82) is 0 Å². The normalized spacial score (nSPS) is 14.6. The Labute approximate surface area is 167 Å². The molecule has 0 aromatic carbocycles. The highest BCUT2D eigenvalue weighted by Crippen LogP contribution is 2.62. The second-order valence-corrected chi connectivity index (χ2v) is 14.2. The predicted octanol–water partition coefficient (Wildman–Crippen LogP) is 4.63. The Morgan fingerprint density at radius 1 is 0.964 bits per heavy atom. The second kappa shape index (κ2) is 13.7. The van der Waals surface area contributed by atoms with E-state index in [-0.39, 0.29) is 11.5 Å². The largest absolute Gasteiger partial charge is 0.673 e. The molecule has 2 atom stereocenters. The van der Waals surface area contributed by atoms with Gasteiger partial charge in [0, 0.05) is 28.3 Å². The highest BCUT2D eigenvalue weighted by molar-refractivity contribution is 7.76. The Morgan fingerprint density at radius 3 is 1.57 bits per heavy atom. The molecule has 0 heterocycles. The van der Waals surface area contributed by atoms with Crippen molar-refractivity contribution in [3.8, 4) is 0 Å². The Balaban J connectivity index is 0. The molecule has 0 aromatic rings. The van der Waals surface area contributed by atoms with E-state index in [0.29, 0.717) is 6.42 Å². The number of alkyl carbamates (subject to hydrolysis) is 1. The zero-order valence-corrected chi connectivity index (χ0v) is 20.0. The topological polar surface area (TPSA) is 66.0 Å². The first kappa shape index (κ1) is 29.8. The molecule has 170 valence electrons. The van der Waals surface area contributed by atoms with Gasteiger partial charge in [0.25, 0.3) is 0 Å². The minimum Gasteiger partial charge on any atom is -0.418 e. The first-order valence-corrected chi connectivity index (χ1v) is 13.4. The van der Waals surface area contributed by atoms with Crippen LogP contribution in [0.3, 0.4) is 0 Å². The van der Waals surface area contributed by atoms with E-state index in [1.54, 1.807) is 21.3 Å². The van der Waals surface area contributed by atoms with E-state index in [9.17, 15) is 22.1 Å². The average molecular weight is 455 g/mol. The molecular formula is C15H35BF4NO5PSi. The molecule has 0 fully saturated rings. The lowest BCUT2D eigenvalue weighted by atomic mass is 10.3. The fraction of sp³-hybridized carbons (Fsp3) is 0.933. The summed E-state index contributed by atoms with van der Waals surface area (Å²) in [6.07, 6.45) is 3.46. The maximum Gasteiger partial charge on any atom is 0.673 e. The lowest BCUT2D eigenvalue weighted by molar-refractivity contribution is 0.0972. The Hall–Kier alpha value is -0.418. The summed E-state index contributed by atoms with van der Waals surface area (Å²) in [6.45, 7) is 10.5. The van der Waals surface area contributed by atoms with Crippen LogP contribution in [0.5, 0.6) is 0 Å². The number of rotatable bonds is 11. The molecule has 0 bridgehead atoms. The van der Waals surface area contributed by atoms with Gasteiger partial charge < -0.3 is 40.6 Å². The molecule has 0 radical (unpaired) electrons. The highest BCUT2D eigenvalue weighted by Gasteiger charge is 2.48. The molecule has 0 aliphatic carbocycles. The molecule has 0 saturated heterocycles. The molecule has 0 saturated carbocycles. The van der Waals surface area contributed by atoms with E-state index in [0.717, 1.165) is 18.5 Å². The van der Waals surface area contributed by atoms with E-state index >= 15 is 0 Å². The summed E-state index contributed by atoms with van der Waals surface area (Å²) in [5.74, 6) is -0.0521. The van der Waals surface area contributed by atoms with Crippen molar-refractivity contribution >= 4 is 29.4 Å². The number of nitrogens with one attached hydrogen (secondary N) is 1. The number of carbonyl (C=O) groups excluding carboxylic acids is 1. The van der Waals surface area contributed by atoms with Crippen LogP contribution in [0, 0.1) is 0 Å². The van der Waals surface area contributed by atoms with Crippen LogP contribution in [0.4, 0.5) is 22.1 Å². The number of hydrogen-bond acceptors (Lipinski definition) is 5. The third-order valence-electron chi connectivity index (χ3n) is 4.92. The van der Waals surface area contributed by atoms with Gasteiger partial charge in [-0.2, -0.15) is 0 Å². The smallest absolute Gasteiger partial charge is 0.418 e. The van der Waals surface area contributed by atoms with Gasteiger partial charge in [-0.05, 0) is 27.2 Å². The predicted molar refractivity (Wildman–Crippen MR) is 109 cm³/mol. The van der Waals surface area contributed by atoms with Crippen molar-refractivity contribution in [2.45, 2.75) is 52.5 Å². The van der Waals surface area contributed by atoms with Gasteiger partial charge in [-0.1, -0.05) is 6.92 Å². The van der Waals surface area contributed by atoms with Gasteiger partial charge in [0.2, 0.25) is 5.85 Å². The molecule has 0 aliphatic heterocycles. The van der Waals surface area contributed by atoms with Gasteiger partial charge in [-0.15, -0.1) is 0 Å². The van der Waals surface area contributed by atoms with Crippen LogP contribution in [0.25, 0.3) is 0 Å². The zero-order valence-electron chi connectivity index (χ0n) is 18.1. The van der Waals surface area contributed by atoms with E-state index < -0.39 is 29.4 Å². The Morgan fingerprint density at radius 2 is 1.32 bits per heavy atom. The van der Waals surface area contributed by atoms with E-state index in [1.165, 1.54) is 0 Å². The van der Waals surface area contributed by atoms with Gasteiger partial charge in [-0.25, -0.2) is 4.79 Å². The van der Waals surface area contributed by atoms with Crippen LogP contribution in [-0.2, 0) is 18.0 Å². The van der Waals surface area contributed by atoms with Crippen LogP contribution < -0.4 is 5.32 Å². The molecule has 1 amide bonds. The standard InChI is InChI=1S/C15H34NO5PSi.BF4/c1-9-14(23(18-6,19-7)20-8)16-15(17)21-13(5)22(10-2,11-3)12-4;2-1(3,4)5/h13-14H,9-12H2,1-8H3;/q;-1/p+1. The van der Waals surface area contributed by atoms with E-state index in [2.05, 4.69) is 26.1 Å². The first-order chi connectivity index (χ1) is 12.8. The van der Waals surface area contributed by atoms with Gasteiger partial charge in [-0.3, -0.25) is 0 Å². The molecule has 1 N–H and O–H groups in total. The Bertz CT molecular complexity index is 421. The molecule has 6 nitrogen and oxygen atoms in total. The van der Waals surface area contributed by atoms with Crippen molar-refractivity contribution in [1.82, 2.24) is 5.32 Å². The van der Waals surface area contributed by atoms with Crippen molar-refractivity contribution in [3.05, 3.63) is 0 Å². The lowest BCUT2D eigenvalue weighted by Gasteiger charge is -2.33. The SMILES string of the molecule is CCC(NC(=O)OC(C)[P+](CC)(CC)CC)[Si](OC)(OC)OC.F[B-](F)(F)F. The zero-order chi connectivity index (χ0) is 22.6. The van der Waals surface area contributed by atoms with Crippen LogP contribution in [0.15, 0.2) is 0 Å². The summed E-state index contributed by atoms with van der Waals surface area (Å²) in [6, 6.07) is 0. The summed E-state index contributed by atoms with van der Waals surface area (Å²) in [5, 5.41) is 2.88. The van der Waals surface area contributed by atoms with Crippen LogP contribution in [0.1, 0.15) is 41.0 Å². The number of hydrogen-bond donors (Lipinski definition) is 1. The lowest BCUT2D eigenvalue weighted by Crippen LogP contribution is -2.61. The van der Waals surface area contributed by atoms with Gasteiger partial charge >= 0.3 is 22.2 Å². The van der Waals surface area contributed by atoms with E-state index in [1.807, 2.05) is 13.8 Å². The van der Waals surface area contributed by atoms with Gasteiger partial charge in [0.15, 0.2) is 0 Å². The molecule has 2 unspecified atom stereocenters. The third kappa shape index (κ3) is 9.87. The summed E-state index contributed by atoms with van der Waals surface area (Å²) in [5.41, 5.74) is -0.334. The maximum absolute atomic E-state index is 12.4. The van der Waals surface area contributed by atoms with Gasteiger partial charge in [0.05, 0.1) is 25.7 Å². The fourth-order valence-corrected chi connectivity index (χ4v) is 8.35. The molecule has 28 heavy (non-hydrogen) atoms. The summed E-state index contributed by atoms with van der Waals surface area (Å²) >= 11 is 0. The van der Waals surface area contributed by atoms with Crippen molar-refractivity contribution < 1.29 is 40.1 Å². The van der Waals surface area contributed by atoms with Gasteiger partial charge in [0.1, 0.15) is 5.67 Å². The quantitative estimate of drug-likeness (QED) is 0.280. The summed E-state index contributed by atoms with van der Waals surface area (Å²) in [4.78, 5) is 12.4. The third-order valence-corrected chi connectivity index (χ3v) is 13.5. The summed E-state index contributed by atoms with van der Waals surface area (Å²) < 4.78 is 61.1. The fourth-order valence-electron chi connectivity index (χ4n) is 3.00. The number of ether oxygens (including phenoxy) is 1. The minimum atomic E-state index is -6.00. The first-order valence-electron chi connectivity index (χ1n) is 9.20. The van der Waals surface area contributed by atoms with Crippen LogP contribution in [-0.4, -0.2) is 73.5 Å². The van der Waals surface area contributed by atoms with Crippen molar-refractivity contribution in [2.75, 3.05) is 39.8 Å². The molecule has 0 aromatic heterocycles. The highest BCUT2D eigenvalue weighted by atomic mass is 31.2. The second-order valence-electron chi connectivity index (χ2n) is 5.99. The maximum atomic E-state index is 12.4. The molecular weight excluding hydrogens is 420 g/mol. The number of halogens is 4. The number of carbonyl (C=O) groups is 1. The molecule has 0 aliphatic rings. The minimum absolute atomic E-state index is 0.0521. The summed E-state index contributed by atoms with van der Waals surface area (Å²) in [7, 11) is -5.57. The molecule has 13 heteroatoms. The van der Waals surface area contributed by atoms with Crippen molar-refractivity contribution in [3.63, 3.8) is 0 Å². The Kier molecular flexibility index (Phi) is 14.6. The van der Waals surface area contributed by atoms with Crippen LogP contribution in [0.2, 0.25) is 0 Å². The molecule has 0 spiro atoms. The van der Waals surface area contributed by atoms with Crippen molar-refractivity contribution in [2.24, 2.45) is 0 Å². The van der Waals surface area contributed by atoms with Crippen LogP contribution >= 0.6 is 7.26 Å². The van der Waals surface area contributed by atoms with E-state index in [4.69, 9.17) is 18.0 Å².